The van der Waals surface area contributed by atoms with Crippen molar-refractivity contribution >= 4 is 5.97 Å². The lowest BCUT2D eigenvalue weighted by Gasteiger charge is -2.06. The minimum atomic E-state index is -0.277. The predicted molar refractivity (Wildman–Crippen MR) is 81.2 cm³/mol. The van der Waals surface area contributed by atoms with E-state index in [2.05, 4.69) is 19.1 Å². The fourth-order valence-electron chi connectivity index (χ4n) is 1.61. The molecule has 0 amide bonds. The van der Waals surface area contributed by atoms with Gasteiger partial charge >= 0.3 is 5.97 Å². The summed E-state index contributed by atoms with van der Waals surface area (Å²) in [5, 5.41) is 0. The van der Waals surface area contributed by atoms with E-state index in [0.29, 0.717) is 18.8 Å². The van der Waals surface area contributed by atoms with Crippen LogP contribution in [0.4, 0.5) is 0 Å². The average molecular weight is 276 g/mol. The molecule has 3 nitrogen and oxygen atoms in total. The predicted octanol–water partition coefficient (Wildman–Crippen LogP) is 4.38. The summed E-state index contributed by atoms with van der Waals surface area (Å²) in [5.74, 6) is 0.502. The fraction of sp³-hybridized carbons (Fsp3) is 0.471. The summed E-state index contributed by atoms with van der Waals surface area (Å²) in [4.78, 5) is 11.6. The molecule has 1 aromatic carbocycles. The molecule has 0 saturated carbocycles. The Morgan fingerprint density at radius 3 is 2.35 bits per heavy atom. The van der Waals surface area contributed by atoms with E-state index in [1.165, 1.54) is 6.42 Å². The molecule has 0 aliphatic carbocycles. The quantitative estimate of drug-likeness (QED) is 0.381. The van der Waals surface area contributed by atoms with Gasteiger partial charge in [0.05, 0.1) is 18.8 Å². The Morgan fingerprint density at radius 1 is 1.00 bits per heavy atom. The number of carbonyl (C=O) groups excluding carboxylic acids is 1. The topological polar surface area (TPSA) is 35.5 Å². The Kier molecular flexibility index (Phi) is 8.20. The fourth-order valence-corrected chi connectivity index (χ4v) is 1.61. The lowest BCUT2D eigenvalue weighted by molar-refractivity contribution is 0.0505. The van der Waals surface area contributed by atoms with E-state index in [9.17, 15) is 4.79 Å². The third kappa shape index (κ3) is 6.41. The number of benzene rings is 1. The second-order valence-electron chi connectivity index (χ2n) is 4.56. The van der Waals surface area contributed by atoms with Gasteiger partial charge in [-0.1, -0.05) is 32.4 Å². The van der Waals surface area contributed by atoms with Crippen molar-refractivity contribution in [2.24, 2.45) is 0 Å². The molecule has 0 aliphatic rings. The molecule has 1 aromatic rings. The Bertz CT molecular complexity index is 407. The summed E-state index contributed by atoms with van der Waals surface area (Å²) >= 11 is 0. The van der Waals surface area contributed by atoms with Gasteiger partial charge in [0.15, 0.2) is 0 Å². The van der Waals surface area contributed by atoms with Gasteiger partial charge in [-0.15, -0.1) is 0 Å². The molecule has 0 atom stereocenters. The van der Waals surface area contributed by atoms with Gasteiger partial charge in [-0.25, -0.2) is 4.79 Å². The van der Waals surface area contributed by atoms with Crippen molar-refractivity contribution in [1.82, 2.24) is 0 Å². The van der Waals surface area contributed by atoms with Crippen LogP contribution in [-0.4, -0.2) is 19.2 Å². The SMILES string of the molecule is CCC/C=C/CCOc1ccc(C(=O)OCCC)cc1. The molecule has 0 aromatic heterocycles. The van der Waals surface area contributed by atoms with Crippen molar-refractivity contribution in [2.75, 3.05) is 13.2 Å². The first-order valence-corrected chi connectivity index (χ1v) is 7.33. The van der Waals surface area contributed by atoms with Gasteiger partial charge in [-0.05, 0) is 43.5 Å². The van der Waals surface area contributed by atoms with Gasteiger partial charge in [0.1, 0.15) is 5.75 Å². The molecular weight excluding hydrogens is 252 g/mol. The number of rotatable bonds is 9. The maximum absolute atomic E-state index is 11.6. The minimum absolute atomic E-state index is 0.277. The zero-order valence-electron chi connectivity index (χ0n) is 12.4. The van der Waals surface area contributed by atoms with Gasteiger partial charge in [-0.2, -0.15) is 0 Å². The summed E-state index contributed by atoms with van der Waals surface area (Å²) in [5.41, 5.74) is 0.564. The first-order valence-electron chi connectivity index (χ1n) is 7.33. The van der Waals surface area contributed by atoms with Crippen LogP contribution >= 0.6 is 0 Å². The molecule has 0 radical (unpaired) electrons. The Hall–Kier alpha value is -1.77. The molecule has 0 aliphatic heterocycles. The van der Waals surface area contributed by atoms with Crippen LogP contribution in [0, 0.1) is 0 Å². The third-order valence-corrected chi connectivity index (χ3v) is 2.70. The van der Waals surface area contributed by atoms with Crippen molar-refractivity contribution in [3.8, 4) is 5.75 Å². The molecule has 110 valence electrons. The molecular formula is C17H24O3. The van der Waals surface area contributed by atoms with Crippen LogP contribution in [0.5, 0.6) is 5.75 Å². The van der Waals surface area contributed by atoms with Crippen LogP contribution in [0.2, 0.25) is 0 Å². The highest BCUT2D eigenvalue weighted by Crippen LogP contribution is 2.13. The smallest absolute Gasteiger partial charge is 0.338 e. The maximum atomic E-state index is 11.6. The summed E-state index contributed by atoms with van der Waals surface area (Å²) in [6.07, 6.45) is 8.34. The third-order valence-electron chi connectivity index (χ3n) is 2.70. The summed E-state index contributed by atoms with van der Waals surface area (Å²) in [6, 6.07) is 7.08. The number of allylic oxidation sites excluding steroid dienone is 1. The molecule has 1 rings (SSSR count). The molecule has 3 heteroatoms. The van der Waals surface area contributed by atoms with Crippen molar-refractivity contribution in [2.45, 2.75) is 39.5 Å². The molecule has 0 bridgehead atoms. The molecule has 0 saturated heterocycles. The van der Waals surface area contributed by atoms with E-state index < -0.39 is 0 Å². The van der Waals surface area contributed by atoms with E-state index >= 15 is 0 Å². The van der Waals surface area contributed by atoms with Crippen LogP contribution in [-0.2, 0) is 4.74 Å². The second-order valence-corrected chi connectivity index (χ2v) is 4.56. The number of hydrogen-bond donors (Lipinski definition) is 0. The maximum Gasteiger partial charge on any atom is 0.338 e. The lowest BCUT2D eigenvalue weighted by Crippen LogP contribution is -2.05. The van der Waals surface area contributed by atoms with Gasteiger partial charge in [0.2, 0.25) is 0 Å². The molecule has 0 N–H and O–H groups in total. The van der Waals surface area contributed by atoms with E-state index in [-0.39, 0.29) is 5.97 Å². The zero-order chi connectivity index (χ0) is 14.6. The lowest BCUT2D eigenvalue weighted by atomic mass is 10.2. The number of hydrogen-bond acceptors (Lipinski definition) is 3. The molecule has 0 fully saturated rings. The van der Waals surface area contributed by atoms with Crippen molar-refractivity contribution in [1.29, 1.82) is 0 Å². The second kappa shape index (κ2) is 10.1. The van der Waals surface area contributed by atoms with Gasteiger partial charge in [-0.3, -0.25) is 0 Å². The molecule has 0 unspecified atom stereocenters. The number of unbranched alkanes of at least 4 members (excludes halogenated alkanes) is 1. The van der Waals surface area contributed by atoms with Crippen molar-refractivity contribution in [3.63, 3.8) is 0 Å². The van der Waals surface area contributed by atoms with Crippen LogP contribution in [0.25, 0.3) is 0 Å². The van der Waals surface area contributed by atoms with Crippen molar-refractivity contribution in [3.05, 3.63) is 42.0 Å². The Morgan fingerprint density at radius 2 is 1.70 bits per heavy atom. The normalized spacial score (nSPS) is 10.7. The Labute approximate surface area is 121 Å². The monoisotopic (exact) mass is 276 g/mol. The number of ether oxygens (including phenoxy) is 2. The van der Waals surface area contributed by atoms with Crippen LogP contribution < -0.4 is 4.74 Å². The summed E-state index contributed by atoms with van der Waals surface area (Å²) in [7, 11) is 0. The van der Waals surface area contributed by atoms with E-state index in [4.69, 9.17) is 9.47 Å². The highest BCUT2D eigenvalue weighted by Gasteiger charge is 2.06. The van der Waals surface area contributed by atoms with Gasteiger partial charge < -0.3 is 9.47 Å². The van der Waals surface area contributed by atoms with Crippen molar-refractivity contribution < 1.29 is 14.3 Å². The van der Waals surface area contributed by atoms with Crippen LogP contribution in [0.1, 0.15) is 49.9 Å². The summed E-state index contributed by atoms with van der Waals surface area (Å²) < 4.78 is 10.7. The zero-order valence-corrected chi connectivity index (χ0v) is 12.4. The van der Waals surface area contributed by atoms with E-state index in [0.717, 1.165) is 25.0 Å². The minimum Gasteiger partial charge on any atom is -0.493 e. The van der Waals surface area contributed by atoms with E-state index in [1.807, 2.05) is 6.92 Å². The van der Waals surface area contributed by atoms with Crippen LogP contribution in [0.3, 0.4) is 0 Å². The number of esters is 1. The molecule has 0 spiro atoms. The first-order chi connectivity index (χ1) is 9.77. The first kappa shape index (κ1) is 16.3. The Balaban J connectivity index is 2.33. The largest absolute Gasteiger partial charge is 0.493 e. The summed E-state index contributed by atoms with van der Waals surface area (Å²) in [6.45, 7) is 5.24. The molecule has 20 heavy (non-hydrogen) atoms. The highest BCUT2D eigenvalue weighted by atomic mass is 16.5. The van der Waals surface area contributed by atoms with Gasteiger partial charge in [0, 0.05) is 0 Å². The average Bonchev–Trinajstić information content (AvgIpc) is 2.49. The highest BCUT2D eigenvalue weighted by molar-refractivity contribution is 5.89. The van der Waals surface area contributed by atoms with E-state index in [1.54, 1.807) is 24.3 Å². The number of carbonyl (C=O) groups is 1. The molecule has 0 heterocycles. The standard InChI is InChI=1S/C17H24O3/c1-3-5-6-7-8-14-19-16-11-9-15(10-12-16)17(18)20-13-4-2/h6-7,9-12H,3-5,8,13-14H2,1-2H3/b7-6+. The van der Waals surface area contributed by atoms with Gasteiger partial charge in [0.25, 0.3) is 0 Å². The van der Waals surface area contributed by atoms with Crippen LogP contribution in [0.15, 0.2) is 36.4 Å².